The molecule has 2 aromatic rings. The highest BCUT2D eigenvalue weighted by Crippen LogP contribution is 2.28. The van der Waals surface area contributed by atoms with Crippen LogP contribution in [0.15, 0.2) is 35.4 Å². The summed E-state index contributed by atoms with van der Waals surface area (Å²) in [6, 6.07) is 11.9. The van der Waals surface area contributed by atoms with Crippen LogP contribution in [-0.4, -0.2) is 16.1 Å². The van der Waals surface area contributed by atoms with Crippen LogP contribution in [0.2, 0.25) is 0 Å². The van der Waals surface area contributed by atoms with E-state index in [9.17, 15) is 10.1 Å². The Morgan fingerprint density at radius 3 is 2.58 bits per heavy atom. The Hall–Kier alpha value is -2.32. The molecule has 0 fully saturated rings. The number of carbonyl (C=O) groups excluding carboxylic acids is 1. The van der Waals surface area contributed by atoms with Gasteiger partial charge < -0.3 is 5.32 Å². The standard InChI is InChI=1S/C19H21N3OS/c1-5-15-6-8-16(9-7-15)22-18(23)14(4)24-19-17(11-20)12(2)10-13(3)21-19/h6-10,14H,5H2,1-4H3,(H,22,23)/t14-/m1/s1. The number of thioether (sulfide) groups is 1. The van der Waals surface area contributed by atoms with Crippen molar-refractivity contribution in [3.05, 3.63) is 52.7 Å². The number of aryl methyl sites for hydroxylation is 3. The van der Waals surface area contributed by atoms with Crippen LogP contribution in [0.5, 0.6) is 0 Å². The monoisotopic (exact) mass is 339 g/mol. The molecule has 1 N–H and O–H groups in total. The van der Waals surface area contributed by atoms with Gasteiger partial charge in [-0.1, -0.05) is 30.8 Å². The summed E-state index contributed by atoms with van der Waals surface area (Å²) in [6.45, 7) is 7.69. The van der Waals surface area contributed by atoms with Gasteiger partial charge in [0.2, 0.25) is 5.91 Å². The van der Waals surface area contributed by atoms with E-state index in [0.717, 1.165) is 23.4 Å². The number of nitrogens with one attached hydrogen (secondary N) is 1. The van der Waals surface area contributed by atoms with Crippen molar-refractivity contribution < 1.29 is 4.79 Å². The SMILES string of the molecule is CCc1ccc(NC(=O)[C@@H](C)Sc2nc(C)cc(C)c2C#N)cc1. The molecule has 1 aromatic carbocycles. The molecule has 0 radical (unpaired) electrons. The molecule has 0 aliphatic carbocycles. The lowest BCUT2D eigenvalue weighted by Gasteiger charge is -2.14. The number of benzene rings is 1. The molecule has 0 saturated carbocycles. The number of amides is 1. The quantitative estimate of drug-likeness (QED) is 0.827. The first kappa shape index (κ1) is 18.0. The van der Waals surface area contributed by atoms with Crippen molar-refractivity contribution in [3.8, 4) is 6.07 Å². The molecule has 124 valence electrons. The summed E-state index contributed by atoms with van der Waals surface area (Å²) in [5, 5.41) is 12.5. The summed E-state index contributed by atoms with van der Waals surface area (Å²) in [5.41, 5.74) is 4.27. The second kappa shape index (κ2) is 7.98. The maximum absolute atomic E-state index is 12.4. The number of pyridine rings is 1. The van der Waals surface area contributed by atoms with E-state index in [-0.39, 0.29) is 11.2 Å². The van der Waals surface area contributed by atoms with E-state index in [4.69, 9.17) is 0 Å². The fraction of sp³-hybridized carbons (Fsp3) is 0.316. The number of carbonyl (C=O) groups is 1. The first-order chi connectivity index (χ1) is 11.4. The molecule has 0 spiro atoms. The van der Waals surface area contributed by atoms with Crippen LogP contribution in [-0.2, 0) is 11.2 Å². The highest BCUT2D eigenvalue weighted by Gasteiger charge is 2.19. The second-order valence-electron chi connectivity index (χ2n) is 5.67. The lowest BCUT2D eigenvalue weighted by atomic mass is 10.1. The van der Waals surface area contributed by atoms with Crippen LogP contribution < -0.4 is 5.32 Å². The van der Waals surface area contributed by atoms with Gasteiger partial charge in [0, 0.05) is 11.4 Å². The summed E-state index contributed by atoms with van der Waals surface area (Å²) in [6.07, 6.45) is 0.968. The van der Waals surface area contributed by atoms with Crippen molar-refractivity contribution in [2.24, 2.45) is 0 Å². The zero-order valence-corrected chi connectivity index (χ0v) is 15.2. The molecule has 1 heterocycles. The smallest absolute Gasteiger partial charge is 0.237 e. The van der Waals surface area contributed by atoms with E-state index in [2.05, 4.69) is 23.3 Å². The zero-order chi connectivity index (χ0) is 17.7. The van der Waals surface area contributed by atoms with Crippen LogP contribution in [0.3, 0.4) is 0 Å². The van der Waals surface area contributed by atoms with Gasteiger partial charge in [0.15, 0.2) is 0 Å². The molecule has 0 bridgehead atoms. The number of nitrogens with zero attached hydrogens (tertiary/aromatic N) is 2. The van der Waals surface area contributed by atoms with Crippen LogP contribution in [0, 0.1) is 25.2 Å². The van der Waals surface area contributed by atoms with Gasteiger partial charge in [-0.3, -0.25) is 4.79 Å². The molecule has 24 heavy (non-hydrogen) atoms. The second-order valence-corrected chi connectivity index (χ2v) is 7.00. The van der Waals surface area contributed by atoms with Crippen molar-refractivity contribution >= 4 is 23.4 Å². The Balaban J connectivity index is 2.10. The zero-order valence-electron chi connectivity index (χ0n) is 14.4. The van der Waals surface area contributed by atoms with Crippen LogP contribution >= 0.6 is 11.8 Å². The molecule has 2 rings (SSSR count). The van der Waals surface area contributed by atoms with Crippen LogP contribution in [0.25, 0.3) is 0 Å². The number of hydrogen-bond acceptors (Lipinski definition) is 4. The minimum Gasteiger partial charge on any atom is -0.325 e. The van der Waals surface area contributed by atoms with E-state index in [0.29, 0.717) is 10.6 Å². The topological polar surface area (TPSA) is 65.8 Å². The molecule has 5 heteroatoms. The van der Waals surface area contributed by atoms with Crippen molar-refractivity contribution in [1.29, 1.82) is 5.26 Å². The number of rotatable bonds is 5. The maximum Gasteiger partial charge on any atom is 0.237 e. The third-order valence-electron chi connectivity index (χ3n) is 3.71. The minimum absolute atomic E-state index is 0.103. The molecule has 0 aliphatic rings. The van der Waals surface area contributed by atoms with Gasteiger partial charge in [-0.05, 0) is 56.5 Å². The van der Waals surface area contributed by atoms with Crippen LogP contribution in [0.1, 0.15) is 36.2 Å². The molecule has 1 atom stereocenters. The lowest BCUT2D eigenvalue weighted by Crippen LogP contribution is -2.22. The molecule has 0 saturated heterocycles. The summed E-state index contributed by atoms with van der Waals surface area (Å²) in [5.74, 6) is -0.103. The van der Waals surface area contributed by atoms with E-state index in [1.807, 2.05) is 51.1 Å². The van der Waals surface area contributed by atoms with Crippen molar-refractivity contribution in [3.63, 3.8) is 0 Å². The van der Waals surface area contributed by atoms with Crippen LogP contribution in [0.4, 0.5) is 5.69 Å². The van der Waals surface area contributed by atoms with Gasteiger partial charge in [0.25, 0.3) is 0 Å². The van der Waals surface area contributed by atoms with E-state index in [1.54, 1.807) is 0 Å². The molecular weight excluding hydrogens is 318 g/mol. The van der Waals surface area contributed by atoms with Crippen molar-refractivity contribution in [1.82, 2.24) is 4.98 Å². The average molecular weight is 339 g/mol. The van der Waals surface area contributed by atoms with E-state index in [1.165, 1.54) is 17.3 Å². The highest BCUT2D eigenvalue weighted by molar-refractivity contribution is 8.00. The Bertz CT molecular complexity index is 778. The predicted molar refractivity (Wildman–Crippen MR) is 98.2 cm³/mol. The van der Waals surface area contributed by atoms with E-state index < -0.39 is 0 Å². The first-order valence-corrected chi connectivity index (χ1v) is 8.77. The molecule has 4 nitrogen and oxygen atoms in total. The van der Waals surface area contributed by atoms with Crippen molar-refractivity contribution in [2.45, 2.75) is 44.4 Å². The van der Waals surface area contributed by atoms with E-state index >= 15 is 0 Å². The van der Waals surface area contributed by atoms with Gasteiger partial charge in [-0.2, -0.15) is 5.26 Å². The fourth-order valence-electron chi connectivity index (χ4n) is 2.31. The minimum atomic E-state index is -0.350. The maximum atomic E-state index is 12.4. The molecule has 1 aromatic heterocycles. The number of aromatic nitrogens is 1. The van der Waals surface area contributed by atoms with Gasteiger partial charge in [0.05, 0.1) is 10.8 Å². The first-order valence-electron chi connectivity index (χ1n) is 7.89. The van der Waals surface area contributed by atoms with Gasteiger partial charge in [-0.15, -0.1) is 0 Å². The Morgan fingerprint density at radius 1 is 1.33 bits per heavy atom. The van der Waals surface area contributed by atoms with Gasteiger partial charge in [-0.25, -0.2) is 4.98 Å². The van der Waals surface area contributed by atoms with Gasteiger partial charge >= 0.3 is 0 Å². The molecule has 0 aliphatic heterocycles. The molecule has 0 unspecified atom stereocenters. The molecular formula is C19H21N3OS. The summed E-state index contributed by atoms with van der Waals surface area (Å²) in [4.78, 5) is 16.8. The summed E-state index contributed by atoms with van der Waals surface area (Å²) in [7, 11) is 0. The Labute approximate surface area is 147 Å². The number of hydrogen-bond donors (Lipinski definition) is 1. The molecule has 1 amide bonds. The largest absolute Gasteiger partial charge is 0.325 e. The third kappa shape index (κ3) is 4.36. The summed E-state index contributed by atoms with van der Waals surface area (Å²) >= 11 is 1.31. The Morgan fingerprint density at radius 2 is 2.00 bits per heavy atom. The Kier molecular flexibility index (Phi) is 5.99. The fourth-order valence-corrected chi connectivity index (χ4v) is 3.33. The van der Waals surface area contributed by atoms with Crippen molar-refractivity contribution in [2.75, 3.05) is 5.32 Å². The average Bonchev–Trinajstić information content (AvgIpc) is 2.55. The number of anilines is 1. The van der Waals surface area contributed by atoms with Gasteiger partial charge in [0.1, 0.15) is 11.1 Å². The number of nitriles is 1. The summed E-state index contributed by atoms with van der Waals surface area (Å²) < 4.78 is 0. The lowest BCUT2D eigenvalue weighted by molar-refractivity contribution is -0.115. The predicted octanol–water partition coefficient (Wildman–Crippen LogP) is 4.25. The highest BCUT2D eigenvalue weighted by atomic mass is 32.2. The third-order valence-corrected chi connectivity index (χ3v) is 4.80. The normalized spacial score (nSPS) is 11.6.